The third-order valence-electron chi connectivity index (χ3n) is 5.57. The van der Waals surface area contributed by atoms with Crippen LogP contribution in [0.2, 0.25) is 0 Å². The van der Waals surface area contributed by atoms with Gasteiger partial charge >= 0.3 is 0 Å². The molecule has 3 nitrogen and oxygen atoms in total. The first-order chi connectivity index (χ1) is 10.3. The number of benzene rings is 1. The lowest BCUT2D eigenvalue weighted by atomic mass is 9.73. The molecule has 1 aromatic carbocycles. The lowest BCUT2D eigenvalue weighted by Gasteiger charge is -2.36. The van der Waals surface area contributed by atoms with E-state index in [0.29, 0.717) is 0 Å². The molecular weight excluding hydrogens is 262 g/mol. The van der Waals surface area contributed by atoms with Crippen LogP contribution in [0, 0.1) is 0 Å². The molecule has 1 saturated carbocycles. The van der Waals surface area contributed by atoms with Gasteiger partial charge in [-0.1, -0.05) is 12.8 Å². The molecule has 2 heterocycles. The van der Waals surface area contributed by atoms with Crippen molar-refractivity contribution < 1.29 is 9.47 Å². The summed E-state index contributed by atoms with van der Waals surface area (Å²) in [5.41, 5.74) is 10.6. The predicted octanol–water partition coefficient (Wildman–Crippen LogP) is 3.11. The fraction of sp³-hybridized carbons (Fsp3) is 0.667. The Labute approximate surface area is 126 Å². The number of nitrogens with two attached hydrogens (primary N) is 1. The summed E-state index contributed by atoms with van der Waals surface area (Å²) >= 11 is 0. The molecule has 4 rings (SSSR count). The minimum Gasteiger partial charge on any atom is -0.493 e. The summed E-state index contributed by atoms with van der Waals surface area (Å²) in [6, 6.07) is 2.24. The highest BCUT2D eigenvalue weighted by Gasteiger charge is 2.41. The molecule has 21 heavy (non-hydrogen) atoms. The van der Waals surface area contributed by atoms with Gasteiger partial charge in [0, 0.05) is 23.1 Å². The van der Waals surface area contributed by atoms with Gasteiger partial charge in [-0.2, -0.15) is 0 Å². The third-order valence-corrected chi connectivity index (χ3v) is 5.57. The Balaban J connectivity index is 1.94. The van der Waals surface area contributed by atoms with Crippen LogP contribution in [0.25, 0.3) is 0 Å². The molecule has 0 bridgehead atoms. The van der Waals surface area contributed by atoms with E-state index in [1.165, 1.54) is 42.4 Å². The van der Waals surface area contributed by atoms with Gasteiger partial charge in [0.1, 0.15) is 11.5 Å². The minimum absolute atomic E-state index is 0.132. The first kappa shape index (κ1) is 13.4. The van der Waals surface area contributed by atoms with Crippen molar-refractivity contribution in [2.75, 3.05) is 19.8 Å². The van der Waals surface area contributed by atoms with Crippen molar-refractivity contribution in [3.05, 3.63) is 22.8 Å². The zero-order valence-electron chi connectivity index (χ0n) is 12.7. The van der Waals surface area contributed by atoms with E-state index in [-0.39, 0.29) is 5.41 Å². The van der Waals surface area contributed by atoms with Gasteiger partial charge in [0.25, 0.3) is 0 Å². The van der Waals surface area contributed by atoms with Crippen molar-refractivity contribution >= 4 is 0 Å². The number of rotatable bonds is 2. The van der Waals surface area contributed by atoms with Gasteiger partial charge in [0.15, 0.2) is 0 Å². The molecule has 0 atom stereocenters. The average Bonchev–Trinajstić information content (AvgIpc) is 3.02. The van der Waals surface area contributed by atoms with Crippen LogP contribution in [0.1, 0.15) is 55.2 Å². The van der Waals surface area contributed by atoms with Crippen molar-refractivity contribution in [2.45, 2.75) is 56.8 Å². The molecule has 0 spiro atoms. The molecule has 1 aromatic rings. The van der Waals surface area contributed by atoms with E-state index in [9.17, 15) is 0 Å². The predicted molar refractivity (Wildman–Crippen MR) is 83.3 cm³/mol. The van der Waals surface area contributed by atoms with E-state index in [1.807, 2.05) is 0 Å². The van der Waals surface area contributed by atoms with E-state index in [1.54, 1.807) is 0 Å². The molecule has 0 unspecified atom stereocenters. The Hall–Kier alpha value is -1.22. The van der Waals surface area contributed by atoms with Crippen molar-refractivity contribution in [2.24, 2.45) is 5.73 Å². The molecule has 3 aliphatic rings. The molecule has 0 amide bonds. The maximum absolute atomic E-state index is 6.27. The van der Waals surface area contributed by atoms with E-state index in [0.717, 1.165) is 56.9 Å². The molecule has 0 radical (unpaired) electrons. The maximum atomic E-state index is 6.27. The van der Waals surface area contributed by atoms with Crippen molar-refractivity contribution in [1.29, 1.82) is 0 Å². The summed E-state index contributed by atoms with van der Waals surface area (Å²) in [6.45, 7) is 2.43. The van der Waals surface area contributed by atoms with Crippen LogP contribution in [0.15, 0.2) is 6.07 Å². The second kappa shape index (κ2) is 5.20. The molecule has 1 fully saturated rings. The topological polar surface area (TPSA) is 44.5 Å². The second-order valence-corrected chi connectivity index (χ2v) is 6.81. The Kier molecular flexibility index (Phi) is 3.33. The van der Waals surface area contributed by atoms with Crippen LogP contribution < -0.4 is 15.2 Å². The molecule has 114 valence electrons. The lowest BCUT2D eigenvalue weighted by Crippen LogP contribution is -2.35. The Bertz CT molecular complexity index is 512. The highest BCUT2D eigenvalue weighted by Crippen LogP contribution is 2.51. The van der Waals surface area contributed by atoms with Crippen LogP contribution >= 0.6 is 0 Å². The van der Waals surface area contributed by atoms with E-state index < -0.39 is 0 Å². The Morgan fingerprint density at radius 3 is 2.57 bits per heavy atom. The zero-order valence-corrected chi connectivity index (χ0v) is 12.7. The minimum atomic E-state index is 0.132. The van der Waals surface area contributed by atoms with Crippen LogP contribution in [-0.4, -0.2) is 19.8 Å². The summed E-state index contributed by atoms with van der Waals surface area (Å²) in [5, 5.41) is 0. The van der Waals surface area contributed by atoms with Crippen LogP contribution in [-0.2, 0) is 18.3 Å². The zero-order chi connectivity index (χ0) is 14.3. The molecule has 0 aromatic heterocycles. The van der Waals surface area contributed by atoms with Gasteiger partial charge in [-0.05, 0) is 50.2 Å². The van der Waals surface area contributed by atoms with Crippen molar-refractivity contribution in [3.63, 3.8) is 0 Å². The van der Waals surface area contributed by atoms with E-state index in [2.05, 4.69) is 6.07 Å². The molecule has 1 aliphatic carbocycles. The van der Waals surface area contributed by atoms with Gasteiger partial charge in [-0.25, -0.2) is 0 Å². The largest absolute Gasteiger partial charge is 0.493 e. The molecule has 0 saturated heterocycles. The van der Waals surface area contributed by atoms with Gasteiger partial charge in [0.2, 0.25) is 0 Å². The number of aryl methyl sites for hydroxylation is 1. The average molecular weight is 287 g/mol. The van der Waals surface area contributed by atoms with Crippen molar-refractivity contribution in [3.8, 4) is 11.5 Å². The van der Waals surface area contributed by atoms with E-state index >= 15 is 0 Å². The number of ether oxygens (including phenoxy) is 2. The van der Waals surface area contributed by atoms with Gasteiger partial charge in [0.05, 0.1) is 13.2 Å². The number of fused-ring (bicyclic) bond motifs is 2. The van der Waals surface area contributed by atoms with Crippen molar-refractivity contribution in [1.82, 2.24) is 0 Å². The molecule has 2 aliphatic heterocycles. The highest BCUT2D eigenvalue weighted by atomic mass is 16.5. The summed E-state index contributed by atoms with van der Waals surface area (Å²) < 4.78 is 12.1. The molecular formula is C18H25NO2. The fourth-order valence-electron chi connectivity index (χ4n) is 4.50. The molecule has 2 N–H and O–H groups in total. The summed E-state index contributed by atoms with van der Waals surface area (Å²) in [7, 11) is 0. The summed E-state index contributed by atoms with van der Waals surface area (Å²) in [6.07, 6.45) is 9.43. The molecule has 3 heteroatoms. The monoisotopic (exact) mass is 287 g/mol. The third kappa shape index (κ3) is 2.05. The number of hydrogen-bond donors (Lipinski definition) is 1. The van der Waals surface area contributed by atoms with Crippen LogP contribution in [0.3, 0.4) is 0 Å². The van der Waals surface area contributed by atoms with Gasteiger partial charge in [-0.15, -0.1) is 0 Å². The summed E-state index contributed by atoms with van der Waals surface area (Å²) in [5.74, 6) is 2.28. The Morgan fingerprint density at radius 2 is 1.76 bits per heavy atom. The summed E-state index contributed by atoms with van der Waals surface area (Å²) in [4.78, 5) is 0. The number of hydrogen-bond acceptors (Lipinski definition) is 3. The van der Waals surface area contributed by atoms with Crippen LogP contribution in [0.5, 0.6) is 11.5 Å². The van der Waals surface area contributed by atoms with Gasteiger partial charge in [-0.3, -0.25) is 0 Å². The highest BCUT2D eigenvalue weighted by molar-refractivity contribution is 5.58. The standard InChI is InChI=1S/C18H25NO2/c19-12-18(7-1-2-8-18)16-14-6-4-9-20-15(14)11-13-5-3-10-21-17(13)16/h11H,1-10,12,19H2. The van der Waals surface area contributed by atoms with Crippen LogP contribution in [0.4, 0.5) is 0 Å². The second-order valence-electron chi connectivity index (χ2n) is 6.81. The van der Waals surface area contributed by atoms with Gasteiger partial charge < -0.3 is 15.2 Å². The van der Waals surface area contributed by atoms with E-state index in [4.69, 9.17) is 15.2 Å². The lowest BCUT2D eigenvalue weighted by molar-refractivity contribution is 0.260. The smallest absolute Gasteiger partial charge is 0.126 e. The first-order valence-electron chi connectivity index (χ1n) is 8.49. The first-order valence-corrected chi connectivity index (χ1v) is 8.49. The maximum Gasteiger partial charge on any atom is 0.126 e. The fourth-order valence-corrected chi connectivity index (χ4v) is 4.50. The normalized spacial score (nSPS) is 22.9. The Morgan fingerprint density at radius 1 is 1.00 bits per heavy atom. The quantitative estimate of drug-likeness (QED) is 0.909. The SMILES string of the molecule is NCC1(c2c3c(cc4c2OCCC4)OCCC3)CCCC1.